The maximum atomic E-state index is 12.1. The van der Waals surface area contributed by atoms with Crippen LogP contribution in [0.2, 0.25) is 0 Å². The van der Waals surface area contributed by atoms with Gasteiger partial charge in [0.15, 0.2) is 5.78 Å². The van der Waals surface area contributed by atoms with Crippen LogP contribution in [0.15, 0.2) is 11.6 Å². The summed E-state index contributed by atoms with van der Waals surface area (Å²) in [5, 5.41) is 0. The first kappa shape index (κ1) is 14.4. The van der Waals surface area contributed by atoms with Crippen molar-refractivity contribution in [2.75, 3.05) is 6.54 Å². The molecule has 0 saturated carbocycles. The highest BCUT2D eigenvalue weighted by atomic mass is 16.1. The van der Waals surface area contributed by atoms with Crippen molar-refractivity contribution in [3.8, 4) is 0 Å². The number of Topliss-reactive ketones (excluding diaryl/α,β-unsaturated/α-hetero) is 1. The zero-order valence-electron chi connectivity index (χ0n) is 11.2. The van der Waals surface area contributed by atoms with Gasteiger partial charge in [-0.05, 0) is 56.6 Å². The number of carbonyl (C=O) groups is 1. The Hall–Kier alpha value is -0.630. The van der Waals surface area contributed by atoms with E-state index in [2.05, 4.69) is 13.0 Å². The normalized spacial score (nSPS) is 18.4. The Labute approximate surface area is 106 Å². The highest BCUT2D eigenvalue weighted by molar-refractivity contribution is 5.95. The second-order valence-corrected chi connectivity index (χ2v) is 5.14. The second-order valence-electron chi connectivity index (χ2n) is 5.14. The van der Waals surface area contributed by atoms with Crippen molar-refractivity contribution in [3.63, 3.8) is 0 Å². The summed E-state index contributed by atoms with van der Waals surface area (Å²) >= 11 is 0. The third-order valence-electron chi connectivity index (χ3n) is 3.83. The van der Waals surface area contributed by atoms with E-state index in [-0.39, 0.29) is 0 Å². The predicted octanol–water partition coefficient (Wildman–Crippen LogP) is 3.60. The minimum atomic E-state index is 0.391. The van der Waals surface area contributed by atoms with E-state index in [1.54, 1.807) is 0 Å². The molecule has 0 saturated heterocycles. The molecule has 0 aliphatic heterocycles. The first-order chi connectivity index (χ1) is 8.27. The van der Waals surface area contributed by atoms with Crippen molar-refractivity contribution in [1.82, 2.24) is 0 Å². The van der Waals surface area contributed by atoms with Crippen molar-refractivity contribution < 1.29 is 4.79 Å². The summed E-state index contributed by atoms with van der Waals surface area (Å²) in [4.78, 5) is 12.1. The molecule has 0 aromatic heterocycles. The summed E-state index contributed by atoms with van der Waals surface area (Å²) in [6.07, 6.45) is 11.9. The molecule has 0 radical (unpaired) electrons. The summed E-state index contributed by atoms with van der Waals surface area (Å²) in [6, 6.07) is 0. The summed E-state index contributed by atoms with van der Waals surface area (Å²) in [5.41, 5.74) is 6.68. The van der Waals surface area contributed by atoms with Gasteiger partial charge in [-0.25, -0.2) is 0 Å². The standard InChI is InChI=1S/C15H27NO/c1-2-13(11-12-16)9-10-15(17)14-7-5-3-4-6-8-14/h7,13H,2-6,8-12,16H2,1H3. The molecule has 2 heteroatoms. The monoisotopic (exact) mass is 237 g/mol. The fourth-order valence-electron chi connectivity index (χ4n) is 2.55. The molecule has 0 bridgehead atoms. The van der Waals surface area contributed by atoms with Crippen molar-refractivity contribution in [2.24, 2.45) is 11.7 Å². The Balaban J connectivity index is 2.34. The zero-order valence-corrected chi connectivity index (χ0v) is 11.2. The molecule has 0 heterocycles. The highest BCUT2D eigenvalue weighted by Crippen LogP contribution is 2.21. The molecular weight excluding hydrogens is 210 g/mol. The minimum absolute atomic E-state index is 0.391. The van der Waals surface area contributed by atoms with Crippen molar-refractivity contribution in [2.45, 2.75) is 64.7 Å². The number of ketones is 1. The van der Waals surface area contributed by atoms with E-state index in [1.165, 1.54) is 19.3 Å². The topological polar surface area (TPSA) is 43.1 Å². The van der Waals surface area contributed by atoms with Crippen LogP contribution in [0.3, 0.4) is 0 Å². The maximum absolute atomic E-state index is 12.1. The summed E-state index contributed by atoms with van der Waals surface area (Å²) in [6.45, 7) is 2.94. The number of allylic oxidation sites excluding steroid dienone is 2. The molecule has 0 spiro atoms. The molecule has 17 heavy (non-hydrogen) atoms. The lowest BCUT2D eigenvalue weighted by Crippen LogP contribution is -2.11. The Morgan fingerprint density at radius 1 is 1.35 bits per heavy atom. The van der Waals surface area contributed by atoms with Gasteiger partial charge in [0.05, 0.1) is 0 Å². The molecule has 1 unspecified atom stereocenters. The van der Waals surface area contributed by atoms with E-state index in [9.17, 15) is 4.79 Å². The van der Waals surface area contributed by atoms with E-state index in [4.69, 9.17) is 5.73 Å². The largest absolute Gasteiger partial charge is 0.330 e. The van der Waals surface area contributed by atoms with E-state index < -0.39 is 0 Å². The van der Waals surface area contributed by atoms with Gasteiger partial charge in [0.25, 0.3) is 0 Å². The van der Waals surface area contributed by atoms with E-state index in [0.29, 0.717) is 11.7 Å². The molecule has 2 N–H and O–H groups in total. The Bertz CT molecular complexity index is 258. The van der Waals surface area contributed by atoms with Crippen LogP contribution in [-0.4, -0.2) is 12.3 Å². The quantitative estimate of drug-likeness (QED) is 0.735. The van der Waals surface area contributed by atoms with Crippen LogP contribution >= 0.6 is 0 Å². The Morgan fingerprint density at radius 3 is 2.88 bits per heavy atom. The van der Waals surface area contributed by atoms with Gasteiger partial charge >= 0.3 is 0 Å². The van der Waals surface area contributed by atoms with Gasteiger partial charge in [-0.15, -0.1) is 0 Å². The number of nitrogens with two attached hydrogens (primary N) is 1. The third kappa shape index (κ3) is 5.49. The zero-order chi connectivity index (χ0) is 12.5. The molecule has 1 rings (SSSR count). The van der Waals surface area contributed by atoms with Crippen LogP contribution in [0.25, 0.3) is 0 Å². The van der Waals surface area contributed by atoms with Gasteiger partial charge in [0.1, 0.15) is 0 Å². The van der Waals surface area contributed by atoms with Crippen LogP contribution in [0.5, 0.6) is 0 Å². The van der Waals surface area contributed by atoms with Gasteiger partial charge < -0.3 is 5.73 Å². The molecule has 1 aliphatic rings. The van der Waals surface area contributed by atoms with E-state index in [0.717, 1.165) is 50.6 Å². The second kappa shape index (κ2) is 8.46. The molecule has 98 valence electrons. The number of rotatable bonds is 7. The third-order valence-corrected chi connectivity index (χ3v) is 3.83. The molecule has 0 aromatic carbocycles. The van der Waals surface area contributed by atoms with Crippen LogP contribution in [-0.2, 0) is 4.79 Å². The van der Waals surface area contributed by atoms with Crippen LogP contribution in [0, 0.1) is 5.92 Å². The molecule has 2 nitrogen and oxygen atoms in total. The summed E-state index contributed by atoms with van der Waals surface area (Å²) in [5.74, 6) is 1.03. The van der Waals surface area contributed by atoms with Crippen molar-refractivity contribution in [3.05, 3.63) is 11.6 Å². The average molecular weight is 237 g/mol. The molecule has 0 amide bonds. The van der Waals surface area contributed by atoms with Gasteiger partial charge in [-0.2, -0.15) is 0 Å². The fraction of sp³-hybridized carbons (Fsp3) is 0.800. The number of carbonyl (C=O) groups excluding carboxylic acids is 1. The molecule has 1 atom stereocenters. The lowest BCUT2D eigenvalue weighted by Gasteiger charge is -2.13. The van der Waals surface area contributed by atoms with Gasteiger partial charge in [0.2, 0.25) is 0 Å². The SMILES string of the molecule is CCC(CCN)CCC(=O)C1=CCCCCC1. The van der Waals surface area contributed by atoms with Crippen molar-refractivity contribution >= 4 is 5.78 Å². The summed E-state index contributed by atoms with van der Waals surface area (Å²) in [7, 11) is 0. The lowest BCUT2D eigenvalue weighted by atomic mass is 9.93. The van der Waals surface area contributed by atoms with Gasteiger partial charge in [-0.1, -0.05) is 25.8 Å². The fourth-order valence-corrected chi connectivity index (χ4v) is 2.55. The first-order valence-corrected chi connectivity index (χ1v) is 7.20. The Morgan fingerprint density at radius 2 is 2.18 bits per heavy atom. The smallest absolute Gasteiger partial charge is 0.158 e. The first-order valence-electron chi connectivity index (χ1n) is 7.20. The van der Waals surface area contributed by atoms with Crippen LogP contribution in [0.4, 0.5) is 0 Å². The number of hydrogen-bond donors (Lipinski definition) is 1. The van der Waals surface area contributed by atoms with E-state index >= 15 is 0 Å². The van der Waals surface area contributed by atoms with Gasteiger partial charge in [-0.3, -0.25) is 4.79 Å². The predicted molar refractivity (Wildman–Crippen MR) is 72.9 cm³/mol. The Kier molecular flexibility index (Phi) is 7.18. The minimum Gasteiger partial charge on any atom is -0.330 e. The molecular formula is C15H27NO. The summed E-state index contributed by atoms with van der Waals surface area (Å²) < 4.78 is 0. The van der Waals surface area contributed by atoms with Gasteiger partial charge in [0, 0.05) is 6.42 Å². The lowest BCUT2D eigenvalue weighted by molar-refractivity contribution is -0.116. The molecule has 0 aromatic rings. The van der Waals surface area contributed by atoms with Crippen LogP contribution < -0.4 is 5.73 Å². The molecule has 0 fully saturated rings. The molecule has 1 aliphatic carbocycles. The van der Waals surface area contributed by atoms with E-state index in [1.807, 2.05) is 0 Å². The number of hydrogen-bond acceptors (Lipinski definition) is 2. The average Bonchev–Trinajstić information content (AvgIpc) is 2.62. The van der Waals surface area contributed by atoms with Crippen LogP contribution in [0.1, 0.15) is 64.7 Å². The highest BCUT2D eigenvalue weighted by Gasteiger charge is 2.13. The van der Waals surface area contributed by atoms with Crippen molar-refractivity contribution in [1.29, 1.82) is 0 Å². The maximum Gasteiger partial charge on any atom is 0.158 e.